The van der Waals surface area contributed by atoms with Gasteiger partial charge >= 0.3 is 0 Å². The maximum atomic E-state index is 13.4. The first-order chi connectivity index (χ1) is 13.3. The topological polar surface area (TPSA) is 29.1 Å². The Morgan fingerprint density at radius 1 is 1.18 bits per heavy atom. The Bertz CT molecular complexity index is 708. The lowest BCUT2D eigenvalue weighted by Crippen LogP contribution is -2.40. The van der Waals surface area contributed by atoms with Crippen LogP contribution in [0.15, 0.2) is 29.5 Å². The number of allylic oxidation sites excluding steroid dienone is 2. The van der Waals surface area contributed by atoms with Gasteiger partial charge in [-0.25, -0.2) is 0 Å². The SMILES string of the molecule is CCCC1(CCC(C)CC)CCC(C)=C(Cc2ccc(Cl)cc2CC)NC1=O. The summed E-state index contributed by atoms with van der Waals surface area (Å²) in [5.41, 5.74) is 4.75. The number of hydrogen-bond donors (Lipinski definition) is 1. The highest BCUT2D eigenvalue weighted by molar-refractivity contribution is 6.30. The largest absolute Gasteiger partial charge is 0.329 e. The Morgan fingerprint density at radius 3 is 2.57 bits per heavy atom. The van der Waals surface area contributed by atoms with Crippen molar-refractivity contribution in [3.63, 3.8) is 0 Å². The van der Waals surface area contributed by atoms with Gasteiger partial charge in [-0.05, 0) is 74.6 Å². The van der Waals surface area contributed by atoms with Crippen LogP contribution in [-0.2, 0) is 17.6 Å². The summed E-state index contributed by atoms with van der Waals surface area (Å²) in [5.74, 6) is 0.927. The highest BCUT2D eigenvalue weighted by Gasteiger charge is 2.39. The molecule has 2 nitrogen and oxygen atoms in total. The van der Waals surface area contributed by atoms with Crippen molar-refractivity contribution in [3.05, 3.63) is 45.6 Å². The maximum absolute atomic E-state index is 13.4. The van der Waals surface area contributed by atoms with E-state index in [9.17, 15) is 4.79 Å². The van der Waals surface area contributed by atoms with E-state index < -0.39 is 0 Å². The van der Waals surface area contributed by atoms with Crippen molar-refractivity contribution in [2.45, 2.75) is 92.4 Å². The Morgan fingerprint density at radius 2 is 1.93 bits per heavy atom. The van der Waals surface area contributed by atoms with Gasteiger partial charge in [0.25, 0.3) is 0 Å². The molecule has 0 saturated carbocycles. The second-order valence-electron chi connectivity index (χ2n) is 8.74. The van der Waals surface area contributed by atoms with Crippen LogP contribution in [0.5, 0.6) is 0 Å². The number of carbonyl (C=O) groups is 1. The molecule has 3 heteroatoms. The van der Waals surface area contributed by atoms with Gasteiger partial charge in [0.1, 0.15) is 0 Å². The zero-order chi connectivity index (χ0) is 20.7. The average Bonchev–Trinajstić information content (AvgIpc) is 2.80. The summed E-state index contributed by atoms with van der Waals surface area (Å²) >= 11 is 6.18. The van der Waals surface area contributed by atoms with E-state index in [1.54, 1.807) is 0 Å². The quantitative estimate of drug-likeness (QED) is 0.462. The van der Waals surface area contributed by atoms with Gasteiger partial charge in [0.05, 0.1) is 0 Å². The number of hydrogen-bond acceptors (Lipinski definition) is 1. The van der Waals surface area contributed by atoms with E-state index in [1.165, 1.54) is 23.1 Å². The summed E-state index contributed by atoms with van der Waals surface area (Å²) in [7, 11) is 0. The molecule has 28 heavy (non-hydrogen) atoms. The van der Waals surface area contributed by atoms with Crippen molar-refractivity contribution in [2.75, 3.05) is 0 Å². The Balaban J connectivity index is 2.23. The fourth-order valence-corrected chi connectivity index (χ4v) is 4.55. The van der Waals surface area contributed by atoms with Crippen LogP contribution >= 0.6 is 11.6 Å². The third-order valence-corrected chi connectivity index (χ3v) is 6.93. The lowest BCUT2D eigenvalue weighted by molar-refractivity contribution is -0.131. The van der Waals surface area contributed by atoms with Crippen molar-refractivity contribution in [3.8, 4) is 0 Å². The van der Waals surface area contributed by atoms with E-state index in [-0.39, 0.29) is 11.3 Å². The first-order valence-electron chi connectivity index (χ1n) is 11.1. The molecule has 0 fully saturated rings. The fraction of sp³-hybridized carbons (Fsp3) is 0.640. The molecular formula is C25H38ClNO. The summed E-state index contributed by atoms with van der Waals surface area (Å²) in [6, 6.07) is 6.12. The Hall–Kier alpha value is -1.28. The van der Waals surface area contributed by atoms with E-state index in [0.29, 0.717) is 5.92 Å². The van der Waals surface area contributed by atoms with Crippen LogP contribution in [0.25, 0.3) is 0 Å². The van der Waals surface area contributed by atoms with Crippen LogP contribution in [0.3, 0.4) is 0 Å². The second-order valence-corrected chi connectivity index (χ2v) is 9.18. The van der Waals surface area contributed by atoms with E-state index in [0.717, 1.165) is 62.1 Å². The molecule has 0 spiro atoms. The van der Waals surface area contributed by atoms with Crippen molar-refractivity contribution in [2.24, 2.45) is 11.3 Å². The van der Waals surface area contributed by atoms with Crippen LogP contribution in [0, 0.1) is 11.3 Å². The number of aryl methyl sites for hydroxylation is 1. The molecule has 0 radical (unpaired) electrons. The highest BCUT2D eigenvalue weighted by Crippen LogP contribution is 2.40. The van der Waals surface area contributed by atoms with E-state index in [2.05, 4.69) is 52.1 Å². The Labute approximate surface area is 177 Å². The summed E-state index contributed by atoms with van der Waals surface area (Å²) in [6.07, 6.45) is 9.07. The van der Waals surface area contributed by atoms with Crippen molar-refractivity contribution >= 4 is 17.5 Å². The van der Waals surface area contributed by atoms with Gasteiger partial charge in [-0.3, -0.25) is 4.79 Å². The van der Waals surface area contributed by atoms with Gasteiger partial charge in [-0.2, -0.15) is 0 Å². The lowest BCUT2D eigenvalue weighted by atomic mass is 9.73. The van der Waals surface area contributed by atoms with Crippen LogP contribution in [0.1, 0.15) is 90.7 Å². The zero-order valence-electron chi connectivity index (χ0n) is 18.5. The molecule has 1 aromatic rings. The number of amides is 1. The third kappa shape index (κ3) is 5.63. The van der Waals surface area contributed by atoms with Crippen molar-refractivity contribution in [1.29, 1.82) is 0 Å². The van der Waals surface area contributed by atoms with Crippen molar-refractivity contribution in [1.82, 2.24) is 5.32 Å². The van der Waals surface area contributed by atoms with Gasteiger partial charge in [0.2, 0.25) is 5.91 Å². The van der Waals surface area contributed by atoms with E-state index >= 15 is 0 Å². The predicted octanol–water partition coefficient (Wildman–Crippen LogP) is 7.24. The fourth-order valence-electron chi connectivity index (χ4n) is 4.36. The number of nitrogens with one attached hydrogen (secondary N) is 1. The van der Waals surface area contributed by atoms with Crippen LogP contribution in [0.4, 0.5) is 0 Å². The first-order valence-corrected chi connectivity index (χ1v) is 11.5. The molecule has 0 saturated heterocycles. The molecule has 0 aromatic heterocycles. The molecule has 1 heterocycles. The molecule has 1 amide bonds. The van der Waals surface area contributed by atoms with Crippen LogP contribution < -0.4 is 5.32 Å². The van der Waals surface area contributed by atoms with Crippen LogP contribution in [-0.4, -0.2) is 5.91 Å². The molecule has 2 atom stereocenters. The van der Waals surface area contributed by atoms with E-state index in [1.807, 2.05) is 6.07 Å². The molecule has 1 aliphatic rings. The normalized spacial score (nSPS) is 21.4. The zero-order valence-corrected chi connectivity index (χ0v) is 19.2. The predicted molar refractivity (Wildman–Crippen MR) is 121 cm³/mol. The standard InChI is InChI=1S/C25H38ClNO/c1-6-13-25(14-11-18(4)7-2)15-12-19(5)23(27-24(25)28)17-21-9-10-22(26)16-20(21)8-3/h9-10,16,18H,6-8,11-15,17H2,1-5H3,(H,27,28). The molecule has 0 bridgehead atoms. The van der Waals surface area contributed by atoms with Crippen LogP contribution in [0.2, 0.25) is 5.02 Å². The number of halogens is 1. The monoisotopic (exact) mass is 403 g/mol. The van der Waals surface area contributed by atoms with Gasteiger partial charge in [-0.1, -0.05) is 63.8 Å². The maximum Gasteiger partial charge on any atom is 0.230 e. The average molecular weight is 404 g/mol. The molecule has 1 aliphatic heterocycles. The van der Waals surface area contributed by atoms with Gasteiger partial charge in [0.15, 0.2) is 0 Å². The minimum atomic E-state index is -0.214. The Kier molecular flexibility index (Phi) is 8.61. The second kappa shape index (κ2) is 10.5. The molecule has 2 rings (SSSR count). The molecule has 0 aliphatic carbocycles. The van der Waals surface area contributed by atoms with Gasteiger partial charge < -0.3 is 5.32 Å². The molecule has 1 N–H and O–H groups in total. The summed E-state index contributed by atoms with van der Waals surface area (Å²) in [4.78, 5) is 13.4. The summed E-state index contributed by atoms with van der Waals surface area (Å²) < 4.78 is 0. The lowest BCUT2D eigenvalue weighted by Gasteiger charge is -2.32. The molecular weight excluding hydrogens is 366 g/mol. The summed E-state index contributed by atoms with van der Waals surface area (Å²) in [6.45, 7) is 11.1. The number of rotatable bonds is 9. The molecule has 2 unspecified atom stereocenters. The number of benzene rings is 1. The smallest absolute Gasteiger partial charge is 0.230 e. The molecule has 1 aromatic carbocycles. The highest BCUT2D eigenvalue weighted by atomic mass is 35.5. The number of carbonyl (C=O) groups excluding carboxylic acids is 1. The third-order valence-electron chi connectivity index (χ3n) is 6.70. The minimum absolute atomic E-state index is 0.214. The molecule has 156 valence electrons. The minimum Gasteiger partial charge on any atom is -0.329 e. The van der Waals surface area contributed by atoms with Gasteiger partial charge in [-0.15, -0.1) is 0 Å². The van der Waals surface area contributed by atoms with E-state index in [4.69, 9.17) is 11.6 Å². The van der Waals surface area contributed by atoms with Gasteiger partial charge in [0, 0.05) is 22.6 Å². The summed E-state index contributed by atoms with van der Waals surface area (Å²) in [5, 5.41) is 4.15. The first kappa shape index (κ1) is 23.0. The van der Waals surface area contributed by atoms with Crippen molar-refractivity contribution < 1.29 is 4.79 Å².